The van der Waals surface area contributed by atoms with Crippen LogP contribution in [0.3, 0.4) is 0 Å². The van der Waals surface area contributed by atoms with Crippen molar-refractivity contribution in [1.29, 1.82) is 5.26 Å². The molecule has 0 aromatic heterocycles. The number of hydrogen-bond donors (Lipinski definition) is 1. The molecule has 88 valence electrons. The summed E-state index contributed by atoms with van der Waals surface area (Å²) in [4.78, 5) is 0. The average Bonchev–Trinajstić information content (AvgIpc) is 2.36. The molecular formula is C14H16N2O. The van der Waals surface area contributed by atoms with Gasteiger partial charge in [-0.2, -0.15) is 5.26 Å². The van der Waals surface area contributed by atoms with Crippen molar-refractivity contribution in [3.63, 3.8) is 0 Å². The van der Waals surface area contributed by atoms with Gasteiger partial charge in [-0.05, 0) is 11.1 Å². The Hall–Kier alpha value is -2.08. The minimum absolute atomic E-state index is 0.619. The van der Waals surface area contributed by atoms with Crippen molar-refractivity contribution >= 4 is 11.3 Å². The van der Waals surface area contributed by atoms with E-state index < -0.39 is 0 Å². The molecule has 0 bridgehead atoms. The van der Waals surface area contributed by atoms with E-state index in [1.54, 1.807) is 0 Å². The summed E-state index contributed by atoms with van der Waals surface area (Å²) in [7, 11) is 0. The predicted octanol–water partition coefficient (Wildman–Crippen LogP) is 3.61. The lowest BCUT2D eigenvalue weighted by Crippen LogP contribution is -2.15. The number of hydrogen-bond acceptors (Lipinski definition) is 3. The maximum absolute atomic E-state index is 9.06. The van der Waals surface area contributed by atoms with Crippen molar-refractivity contribution in [3.05, 3.63) is 41.5 Å². The molecule has 17 heavy (non-hydrogen) atoms. The zero-order chi connectivity index (χ0) is 12.7. The summed E-state index contributed by atoms with van der Waals surface area (Å²) in [5.74, 6) is 0. The fourth-order valence-electron chi connectivity index (χ4n) is 1.64. The molecule has 1 N–H and O–H groups in total. The smallest absolute Gasteiger partial charge is 0.0997 e. The lowest BCUT2D eigenvalue weighted by atomic mass is 9.84. The van der Waals surface area contributed by atoms with Crippen LogP contribution >= 0.6 is 0 Å². The minimum Gasteiger partial charge on any atom is -0.411 e. The summed E-state index contributed by atoms with van der Waals surface area (Å²) >= 11 is 0. The van der Waals surface area contributed by atoms with E-state index in [2.05, 4.69) is 11.2 Å². The standard InChI is InChI=1S/C12H10N2O.C2H6/c13-8-12(9-4-2-1-3-5-9)10-6-11(7-10)14-15;1-2/h1-5,15H,6-7H2;1-2H3. The molecule has 1 aromatic carbocycles. The van der Waals surface area contributed by atoms with E-state index in [0.29, 0.717) is 18.4 Å². The Balaban J connectivity index is 0.000000686. The van der Waals surface area contributed by atoms with Gasteiger partial charge in [-0.3, -0.25) is 0 Å². The lowest BCUT2D eigenvalue weighted by molar-refractivity contribution is 0.315. The highest BCUT2D eigenvalue weighted by molar-refractivity contribution is 6.01. The van der Waals surface area contributed by atoms with E-state index in [4.69, 9.17) is 10.5 Å². The van der Waals surface area contributed by atoms with Crippen LogP contribution in [0.2, 0.25) is 0 Å². The van der Waals surface area contributed by atoms with Crippen molar-refractivity contribution in [3.8, 4) is 6.07 Å². The molecule has 0 spiro atoms. The molecule has 1 aliphatic rings. The van der Waals surface area contributed by atoms with Gasteiger partial charge in [-0.1, -0.05) is 49.3 Å². The molecule has 1 aromatic rings. The molecule has 3 nitrogen and oxygen atoms in total. The Bertz CT molecular complexity index is 457. The van der Waals surface area contributed by atoms with Crippen LogP contribution in [0.4, 0.5) is 0 Å². The number of benzene rings is 1. The van der Waals surface area contributed by atoms with Crippen LogP contribution in [0.1, 0.15) is 32.3 Å². The molecule has 3 heteroatoms. The first-order valence-electron chi connectivity index (χ1n) is 5.72. The lowest BCUT2D eigenvalue weighted by Gasteiger charge is -2.20. The van der Waals surface area contributed by atoms with E-state index in [1.807, 2.05) is 44.2 Å². The van der Waals surface area contributed by atoms with Gasteiger partial charge in [0.25, 0.3) is 0 Å². The molecule has 0 amide bonds. The summed E-state index contributed by atoms with van der Waals surface area (Å²) in [6, 6.07) is 11.8. The Morgan fingerprint density at radius 3 is 2.29 bits per heavy atom. The Morgan fingerprint density at radius 2 is 1.82 bits per heavy atom. The summed E-state index contributed by atoms with van der Waals surface area (Å²) in [6.07, 6.45) is 1.24. The molecule has 0 radical (unpaired) electrons. The summed E-state index contributed by atoms with van der Waals surface area (Å²) < 4.78 is 0. The normalized spacial score (nSPS) is 12.8. The van der Waals surface area contributed by atoms with E-state index in [0.717, 1.165) is 16.8 Å². The van der Waals surface area contributed by atoms with Crippen LogP contribution in [-0.4, -0.2) is 10.9 Å². The molecule has 1 saturated carbocycles. The molecule has 0 aliphatic heterocycles. The number of nitrogens with zero attached hydrogens (tertiary/aromatic N) is 2. The van der Waals surface area contributed by atoms with Gasteiger partial charge in [-0.15, -0.1) is 0 Å². The molecule has 0 heterocycles. The second-order valence-electron chi connectivity index (χ2n) is 3.48. The number of rotatable bonds is 1. The second-order valence-corrected chi connectivity index (χ2v) is 3.48. The minimum atomic E-state index is 0.619. The fourth-order valence-corrected chi connectivity index (χ4v) is 1.64. The Morgan fingerprint density at radius 1 is 1.24 bits per heavy atom. The van der Waals surface area contributed by atoms with Gasteiger partial charge in [0.15, 0.2) is 0 Å². The maximum atomic E-state index is 9.06. The van der Waals surface area contributed by atoms with Crippen LogP contribution in [-0.2, 0) is 0 Å². The van der Waals surface area contributed by atoms with Crippen molar-refractivity contribution < 1.29 is 5.21 Å². The third kappa shape index (κ3) is 2.94. The summed E-state index contributed by atoms with van der Waals surface area (Å²) in [5, 5.41) is 20.7. The monoisotopic (exact) mass is 228 g/mol. The first-order chi connectivity index (χ1) is 8.35. The van der Waals surface area contributed by atoms with E-state index in [-0.39, 0.29) is 0 Å². The number of oxime groups is 1. The largest absolute Gasteiger partial charge is 0.411 e. The summed E-state index contributed by atoms with van der Waals surface area (Å²) in [6.45, 7) is 4.00. The molecule has 1 aliphatic carbocycles. The van der Waals surface area contributed by atoms with E-state index >= 15 is 0 Å². The van der Waals surface area contributed by atoms with Crippen molar-refractivity contribution in [2.75, 3.05) is 0 Å². The first-order valence-corrected chi connectivity index (χ1v) is 5.72. The quantitative estimate of drug-likeness (QED) is 0.453. The van der Waals surface area contributed by atoms with Crippen LogP contribution < -0.4 is 0 Å². The van der Waals surface area contributed by atoms with Crippen molar-refractivity contribution in [1.82, 2.24) is 0 Å². The third-order valence-electron chi connectivity index (χ3n) is 2.50. The van der Waals surface area contributed by atoms with Gasteiger partial charge in [-0.25, -0.2) is 0 Å². The van der Waals surface area contributed by atoms with Crippen LogP contribution in [0.15, 0.2) is 41.1 Å². The molecule has 1 fully saturated rings. The maximum Gasteiger partial charge on any atom is 0.0997 e. The van der Waals surface area contributed by atoms with Crippen molar-refractivity contribution in [2.24, 2.45) is 5.16 Å². The average molecular weight is 228 g/mol. The predicted molar refractivity (Wildman–Crippen MR) is 68.8 cm³/mol. The van der Waals surface area contributed by atoms with Crippen LogP contribution in [0.5, 0.6) is 0 Å². The molecule has 0 unspecified atom stereocenters. The van der Waals surface area contributed by atoms with Gasteiger partial charge >= 0.3 is 0 Å². The van der Waals surface area contributed by atoms with Crippen LogP contribution in [0.25, 0.3) is 5.57 Å². The van der Waals surface area contributed by atoms with Gasteiger partial charge in [0.05, 0.1) is 17.4 Å². The Kier molecular flexibility index (Phi) is 4.96. The van der Waals surface area contributed by atoms with E-state index in [1.165, 1.54) is 0 Å². The highest BCUT2D eigenvalue weighted by Gasteiger charge is 2.22. The fraction of sp³-hybridized carbons (Fsp3) is 0.286. The molecular weight excluding hydrogens is 212 g/mol. The first kappa shape index (κ1) is 13.0. The number of nitriles is 1. The zero-order valence-electron chi connectivity index (χ0n) is 10.1. The molecule has 2 rings (SSSR count). The molecule has 0 atom stereocenters. The van der Waals surface area contributed by atoms with Crippen LogP contribution in [0, 0.1) is 11.3 Å². The summed E-state index contributed by atoms with van der Waals surface area (Å²) in [5.41, 5.74) is 3.44. The highest BCUT2D eigenvalue weighted by atomic mass is 16.4. The van der Waals surface area contributed by atoms with E-state index in [9.17, 15) is 0 Å². The third-order valence-corrected chi connectivity index (χ3v) is 2.50. The SMILES string of the molecule is CC.N#CC(=C1CC(=NO)C1)c1ccccc1. The topological polar surface area (TPSA) is 56.4 Å². The highest BCUT2D eigenvalue weighted by Crippen LogP contribution is 2.31. The molecule has 0 saturated heterocycles. The van der Waals surface area contributed by atoms with Gasteiger partial charge in [0.2, 0.25) is 0 Å². The second kappa shape index (κ2) is 6.49. The Labute approximate surface area is 102 Å². The number of allylic oxidation sites excluding steroid dienone is 2. The van der Waals surface area contributed by atoms with Crippen molar-refractivity contribution in [2.45, 2.75) is 26.7 Å². The zero-order valence-corrected chi connectivity index (χ0v) is 10.1. The van der Waals surface area contributed by atoms with Gasteiger partial charge < -0.3 is 5.21 Å². The van der Waals surface area contributed by atoms with Gasteiger partial charge in [0, 0.05) is 12.8 Å². The van der Waals surface area contributed by atoms with Gasteiger partial charge in [0.1, 0.15) is 0 Å².